The number of sulfone groups is 1. The normalized spacial score (nSPS) is 13.4. The summed E-state index contributed by atoms with van der Waals surface area (Å²) in [7, 11) is -3.45. The van der Waals surface area contributed by atoms with E-state index < -0.39 is 33.5 Å². The number of hydrogen-bond donors (Lipinski definition) is 2. The summed E-state index contributed by atoms with van der Waals surface area (Å²) < 4.78 is 21.6. The quantitative estimate of drug-likeness (QED) is 0.594. The molecule has 7 heteroatoms. The van der Waals surface area contributed by atoms with E-state index in [0.717, 1.165) is 6.26 Å². The van der Waals surface area contributed by atoms with Crippen LogP contribution in [0, 0.1) is 0 Å². The summed E-state index contributed by atoms with van der Waals surface area (Å²) in [6.07, 6.45) is 0.915. The van der Waals surface area contributed by atoms with Gasteiger partial charge < -0.3 is 10.4 Å². The van der Waals surface area contributed by atoms with Crippen LogP contribution in [0.3, 0.4) is 0 Å². The molecule has 6 nitrogen and oxygen atoms in total. The Bertz CT molecular complexity index is 307. The number of carboxylic acids is 1. The van der Waals surface area contributed by atoms with Crippen molar-refractivity contribution in [3.63, 3.8) is 0 Å². The minimum Gasteiger partial charge on any atom is -0.480 e. The highest BCUT2D eigenvalue weighted by molar-refractivity contribution is 7.92. The molecule has 0 aromatic heterocycles. The molecule has 0 aliphatic carbocycles. The van der Waals surface area contributed by atoms with Crippen LogP contribution in [0.2, 0.25) is 0 Å². The molecule has 13 heavy (non-hydrogen) atoms. The van der Waals surface area contributed by atoms with E-state index in [1.807, 2.05) is 5.32 Å². The third-order valence-electron chi connectivity index (χ3n) is 1.43. The number of carbonyl (C=O) groups excluding carboxylic acids is 1. The second-order valence-corrected chi connectivity index (χ2v) is 4.95. The van der Waals surface area contributed by atoms with Gasteiger partial charge in [0.15, 0.2) is 9.84 Å². The van der Waals surface area contributed by atoms with Crippen molar-refractivity contribution in [2.75, 3.05) is 12.8 Å². The van der Waals surface area contributed by atoms with Crippen LogP contribution in [0.1, 0.15) is 6.92 Å². The van der Waals surface area contributed by atoms with Gasteiger partial charge in [-0.1, -0.05) is 0 Å². The summed E-state index contributed by atoms with van der Waals surface area (Å²) >= 11 is 0. The monoisotopic (exact) mass is 209 g/mol. The van der Waals surface area contributed by atoms with Gasteiger partial charge in [0.2, 0.25) is 5.91 Å². The Kier molecular flexibility index (Phi) is 3.86. The van der Waals surface area contributed by atoms with Gasteiger partial charge in [-0.2, -0.15) is 0 Å². The highest BCUT2D eigenvalue weighted by Crippen LogP contribution is 1.96. The number of rotatable bonds is 4. The van der Waals surface area contributed by atoms with Crippen molar-refractivity contribution in [3.8, 4) is 0 Å². The molecule has 0 aliphatic rings. The Morgan fingerprint density at radius 2 is 1.92 bits per heavy atom. The molecule has 0 aliphatic heterocycles. The first-order valence-electron chi connectivity index (χ1n) is 3.43. The topological polar surface area (TPSA) is 101 Å². The van der Waals surface area contributed by atoms with Crippen molar-refractivity contribution in [2.45, 2.75) is 12.2 Å². The number of carboxylic acid groups (broad SMARTS) is 1. The van der Waals surface area contributed by atoms with E-state index >= 15 is 0 Å². The maximum atomic E-state index is 10.9. The van der Waals surface area contributed by atoms with Gasteiger partial charge in [0.25, 0.3) is 0 Å². The fraction of sp³-hybridized carbons (Fsp3) is 0.667. The van der Waals surface area contributed by atoms with Gasteiger partial charge in [-0.05, 0) is 6.92 Å². The van der Waals surface area contributed by atoms with Crippen LogP contribution in [0.4, 0.5) is 0 Å². The van der Waals surface area contributed by atoms with Gasteiger partial charge in [-0.25, -0.2) is 8.42 Å². The van der Waals surface area contributed by atoms with Gasteiger partial charge in [0.1, 0.15) is 11.8 Å². The lowest BCUT2D eigenvalue weighted by Crippen LogP contribution is -2.39. The zero-order valence-electron chi connectivity index (χ0n) is 7.27. The molecule has 1 amide bonds. The lowest BCUT2D eigenvalue weighted by Gasteiger charge is -2.07. The van der Waals surface area contributed by atoms with Crippen LogP contribution in [0.25, 0.3) is 0 Å². The highest BCUT2D eigenvalue weighted by Gasteiger charge is 2.23. The first-order chi connectivity index (χ1) is 5.75. The maximum absolute atomic E-state index is 10.9. The zero-order chi connectivity index (χ0) is 10.6. The smallest absolute Gasteiger partial charge is 0.322 e. The molecule has 0 aromatic rings. The lowest BCUT2D eigenvalue weighted by molar-refractivity contribution is -0.137. The van der Waals surface area contributed by atoms with Gasteiger partial charge in [-0.3, -0.25) is 9.59 Å². The van der Waals surface area contributed by atoms with E-state index in [9.17, 15) is 18.0 Å². The molecule has 0 spiro atoms. The fourth-order valence-electron chi connectivity index (χ4n) is 0.501. The standard InChI is InChI=1S/C6H11NO5S/c1-4(13(2,11)12)6(10)7-3-5(8)9/h4H,3H2,1-2H3,(H,7,10)(H,8,9). The molecule has 1 unspecified atom stereocenters. The summed E-state index contributed by atoms with van der Waals surface area (Å²) in [6.45, 7) is 0.630. The summed E-state index contributed by atoms with van der Waals surface area (Å²) in [5.74, 6) is -2.01. The molecule has 0 rings (SSSR count). The van der Waals surface area contributed by atoms with E-state index in [-0.39, 0.29) is 0 Å². The van der Waals surface area contributed by atoms with Gasteiger partial charge in [0.05, 0.1) is 0 Å². The Morgan fingerprint density at radius 1 is 1.46 bits per heavy atom. The molecule has 0 bridgehead atoms. The molecule has 0 saturated heterocycles. The van der Waals surface area contributed by atoms with Crippen molar-refractivity contribution in [2.24, 2.45) is 0 Å². The summed E-state index contributed by atoms with van der Waals surface area (Å²) in [5.41, 5.74) is 0. The minimum absolute atomic E-state index is 0.571. The summed E-state index contributed by atoms with van der Waals surface area (Å²) in [4.78, 5) is 21.0. The van der Waals surface area contributed by atoms with Crippen LogP contribution in [-0.2, 0) is 19.4 Å². The van der Waals surface area contributed by atoms with Crippen LogP contribution in [-0.4, -0.2) is 43.5 Å². The molecule has 0 aromatic carbocycles. The Morgan fingerprint density at radius 3 is 2.23 bits per heavy atom. The molecule has 0 fully saturated rings. The molecule has 0 heterocycles. The Balaban J connectivity index is 4.22. The first kappa shape index (κ1) is 11.9. The molecular weight excluding hydrogens is 198 g/mol. The molecule has 2 N–H and O–H groups in total. The van der Waals surface area contributed by atoms with Crippen LogP contribution in [0.5, 0.6) is 0 Å². The highest BCUT2D eigenvalue weighted by atomic mass is 32.2. The van der Waals surface area contributed by atoms with Crippen LogP contribution >= 0.6 is 0 Å². The van der Waals surface area contributed by atoms with E-state index in [1.54, 1.807) is 0 Å². The number of amides is 1. The fourth-order valence-corrected chi connectivity index (χ4v) is 0.973. The van der Waals surface area contributed by atoms with Gasteiger partial charge in [-0.15, -0.1) is 0 Å². The van der Waals surface area contributed by atoms with E-state index in [0.29, 0.717) is 0 Å². The third-order valence-corrected chi connectivity index (χ3v) is 2.92. The molecule has 0 radical (unpaired) electrons. The van der Waals surface area contributed by atoms with Crippen molar-refractivity contribution in [3.05, 3.63) is 0 Å². The predicted octanol–water partition coefficient (Wildman–Crippen LogP) is -1.38. The number of nitrogens with one attached hydrogen (secondary N) is 1. The number of aliphatic carboxylic acids is 1. The number of hydrogen-bond acceptors (Lipinski definition) is 4. The lowest BCUT2D eigenvalue weighted by atomic mass is 10.4. The Hall–Kier alpha value is -1.11. The van der Waals surface area contributed by atoms with E-state index in [2.05, 4.69) is 0 Å². The second-order valence-electron chi connectivity index (χ2n) is 2.58. The maximum Gasteiger partial charge on any atom is 0.322 e. The third kappa shape index (κ3) is 4.46. The van der Waals surface area contributed by atoms with Crippen LogP contribution < -0.4 is 5.32 Å². The van der Waals surface area contributed by atoms with Crippen molar-refractivity contribution in [1.82, 2.24) is 5.32 Å². The van der Waals surface area contributed by atoms with E-state index in [4.69, 9.17) is 5.11 Å². The SMILES string of the molecule is CC(C(=O)NCC(=O)O)S(C)(=O)=O. The molecule has 1 atom stereocenters. The van der Waals surface area contributed by atoms with Crippen molar-refractivity contribution < 1.29 is 23.1 Å². The van der Waals surface area contributed by atoms with Gasteiger partial charge >= 0.3 is 5.97 Å². The molecule has 76 valence electrons. The average Bonchev–Trinajstić information content (AvgIpc) is 1.96. The first-order valence-corrected chi connectivity index (χ1v) is 5.39. The van der Waals surface area contributed by atoms with Gasteiger partial charge in [0, 0.05) is 6.26 Å². The zero-order valence-corrected chi connectivity index (χ0v) is 8.09. The second kappa shape index (κ2) is 4.22. The molecular formula is C6H11NO5S. The predicted molar refractivity (Wildman–Crippen MR) is 45.0 cm³/mol. The molecule has 0 saturated carbocycles. The Labute approximate surface area is 75.9 Å². The average molecular weight is 209 g/mol. The van der Waals surface area contributed by atoms with E-state index in [1.165, 1.54) is 6.92 Å². The summed E-state index contributed by atoms with van der Waals surface area (Å²) in [5, 5.41) is 8.94. The minimum atomic E-state index is -3.45. The largest absolute Gasteiger partial charge is 0.480 e. The van der Waals surface area contributed by atoms with Crippen molar-refractivity contribution in [1.29, 1.82) is 0 Å². The van der Waals surface area contributed by atoms with Crippen LogP contribution in [0.15, 0.2) is 0 Å². The number of carbonyl (C=O) groups is 2. The summed E-state index contributed by atoms with van der Waals surface area (Å²) in [6, 6.07) is 0. The van der Waals surface area contributed by atoms with Crippen molar-refractivity contribution >= 4 is 21.7 Å².